The molecule has 2 aliphatic heterocycles. The number of aryl methyl sites for hydroxylation is 1. The summed E-state index contributed by atoms with van der Waals surface area (Å²) in [7, 11) is 0. The number of likely N-dealkylation sites (tertiary alicyclic amines) is 1. The number of amides is 3. The van der Waals surface area contributed by atoms with Crippen LogP contribution in [0.15, 0.2) is 59.3 Å². The number of anilines is 2. The number of carbonyl (C=O) groups excluding carboxylic acids is 3. The smallest absolute Gasteiger partial charge is 0.283 e. The van der Waals surface area contributed by atoms with Gasteiger partial charge >= 0.3 is 0 Å². The first-order valence-corrected chi connectivity index (χ1v) is 10.7. The number of nitrogens with one attached hydrogen (secondary N) is 1. The van der Waals surface area contributed by atoms with Crippen molar-refractivity contribution in [3.8, 4) is 0 Å². The number of imide groups is 1. The van der Waals surface area contributed by atoms with E-state index in [0.717, 1.165) is 36.4 Å². The van der Waals surface area contributed by atoms with Crippen molar-refractivity contribution in [1.29, 1.82) is 0 Å². The second-order valence-corrected chi connectivity index (χ2v) is 8.50. The molecule has 0 spiro atoms. The van der Waals surface area contributed by atoms with Crippen LogP contribution in [-0.4, -0.2) is 35.7 Å². The van der Waals surface area contributed by atoms with Crippen LogP contribution in [0.1, 0.15) is 35.7 Å². The van der Waals surface area contributed by atoms with Crippen molar-refractivity contribution >= 4 is 40.7 Å². The standard InChI is InChI=1S/C24H24ClN3O3/c1-15-7-6-12-27(14-15)22(29)17-9-5-10-18(13-17)26-21-20(25)23(30)28(24(21)31)19-11-4-3-8-16(19)2/h3-5,8-11,13,15,26H,6-7,12,14H2,1-2H3. The number of para-hydroxylation sites is 1. The average Bonchev–Trinajstić information content (AvgIpc) is 2.97. The van der Waals surface area contributed by atoms with Gasteiger partial charge in [0.25, 0.3) is 17.7 Å². The number of hydrogen-bond donors (Lipinski definition) is 1. The van der Waals surface area contributed by atoms with Crippen LogP contribution in [0.3, 0.4) is 0 Å². The average molecular weight is 438 g/mol. The third-order valence-electron chi connectivity index (χ3n) is 5.71. The minimum absolute atomic E-state index is 0.00566. The zero-order valence-corrected chi connectivity index (χ0v) is 18.3. The Balaban J connectivity index is 1.56. The highest BCUT2D eigenvalue weighted by Crippen LogP contribution is 2.32. The Bertz CT molecular complexity index is 1090. The summed E-state index contributed by atoms with van der Waals surface area (Å²) in [5, 5.41) is 2.79. The van der Waals surface area contributed by atoms with Gasteiger partial charge in [0.15, 0.2) is 0 Å². The normalized spacial score (nSPS) is 19.3. The van der Waals surface area contributed by atoms with Gasteiger partial charge in [-0.05, 0) is 55.5 Å². The lowest BCUT2D eigenvalue weighted by atomic mass is 9.99. The Morgan fingerprint density at radius 3 is 2.61 bits per heavy atom. The van der Waals surface area contributed by atoms with Gasteiger partial charge in [0.05, 0.1) is 5.69 Å². The molecule has 0 aromatic heterocycles. The molecule has 0 aliphatic carbocycles. The minimum Gasteiger partial charge on any atom is -0.350 e. The first kappa shape index (κ1) is 21.1. The van der Waals surface area contributed by atoms with Gasteiger partial charge in [0.2, 0.25) is 0 Å². The topological polar surface area (TPSA) is 69.7 Å². The molecular formula is C24H24ClN3O3. The summed E-state index contributed by atoms with van der Waals surface area (Å²) in [4.78, 5) is 41.6. The van der Waals surface area contributed by atoms with Crippen molar-refractivity contribution in [3.05, 3.63) is 70.4 Å². The van der Waals surface area contributed by atoms with Crippen LogP contribution < -0.4 is 10.2 Å². The van der Waals surface area contributed by atoms with Gasteiger partial charge in [0, 0.05) is 24.3 Å². The van der Waals surface area contributed by atoms with Crippen LogP contribution in [0, 0.1) is 12.8 Å². The molecule has 2 heterocycles. The van der Waals surface area contributed by atoms with Gasteiger partial charge in [-0.15, -0.1) is 0 Å². The Kier molecular flexibility index (Phi) is 5.83. The van der Waals surface area contributed by atoms with Crippen LogP contribution in [0.25, 0.3) is 0 Å². The number of benzene rings is 2. The molecule has 1 unspecified atom stereocenters. The number of nitrogens with zero attached hydrogens (tertiary/aromatic N) is 2. The number of piperidine rings is 1. The Morgan fingerprint density at radius 1 is 1.10 bits per heavy atom. The monoisotopic (exact) mass is 437 g/mol. The largest absolute Gasteiger partial charge is 0.350 e. The zero-order chi connectivity index (χ0) is 22.1. The maximum atomic E-state index is 13.0. The van der Waals surface area contributed by atoms with Gasteiger partial charge in [-0.25, -0.2) is 4.90 Å². The van der Waals surface area contributed by atoms with Crippen LogP contribution in [-0.2, 0) is 9.59 Å². The van der Waals surface area contributed by atoms with E-state index in [1.807, 2.05) is 24.0 Å². The summed E-state index contributed by atoms with van der Waals surface area (Å²) in [6, 6.07) is 14.1. The lowest BCUT2D eigenvalue weighted by molar-refractivity contribution is -0.120. The van der Waals surface area contributed by atoms with Crippen molar-refractivity contribution in [2.45, 2.75) is 26.7 Å². The molecule has 2 aliphatic rings. The molecule has 0 radical (unpaired) electrons. The highest BCUT2D eigenvalue weighted by Gasteiger charge is 2.39. The van der Waals surface area contributed by atoms with Crippen molar-refractivity contribution in [1.82, 2.24) is 4.90 Å². The quantitative estimate of drug-likeness (QED) is 0.724. The Morgan fingerprint density at radius 2 is 1.87 bits per heavy atom. The van der Waals surface area contributed by atoms with Gasteiger partial charge < -0.3 is 10.2 Å². The lowest BCUT2D eigenvalue weighted by Gasteiger charge is -2.31. The molecular weight excluding hydrogens is 414 g/mol. The van der Waals surface area contributed by atoms with Gasteiger partial charge in [-0.2, -0.15) is 0 Å². The summed E-state index contributed by atoms with van der Waals surface area (Å²) >= 11 is 6.24. The molecule has 1 atom stereocenters. The molecule has 4 rings (SSSR count). The molecule has 31 heavy (non-hydrogen) atoms. The van der Waals surface area contributed by atoms with Crippen molar-refractivity contribution in [2.24, 2.45) is 5.92 Å². The second kappa shape index (κ2) is 8.55. The molecule has 2 aromatic carbocycles. The van der Waals surface area contributed by atoms with Crippen LogP contribution in [0.2, 0.25) is 0 Å². The fourth-order valence-electron chi connectivity index (χ4n) is 4.08. The maximum absolute atomic E-state index is 13.0. The Labute approximate surface area is 186 Å². The number of hydrogen-bond acceptors (Lipinski definition) is 4. The van der Waals surface area contributed by atoms with E-state index in [1.54, 1.807) is 36.4 Å². The summed E-state index contributed by atoms with van der Waals surface area (Å²) < 4.78 is 0. The van der Waals surface area contributed by atoms with Crippen molar-refractivity contribution in [3.63, 3.8) is 0 Å². The molecule has 6 nitrogen and oxygen atoms in total. The second-order valence-electron chi connectivity index (χ2n) is 8.13. The van der Waals surface area contributed by atoms with E-state index in [1.165, 1.54) is 0 Å². The van der Waals surface area contributed by atoms with E-state index in [9.17, 15) is 14.4 Å². The van der Waals surface area contributed by atoms with E-state index >= 15 is 0 Å². The first-order valence-electron chi connectivity index (χ1n) is 10.4. The van der Waals surface area contributed by atoms with Crippen LogP contribution in [0.5, 0.6) is 0 Å². The van der Waals surface area contributed by atoms with E-state index in [4.69, 9.17) is 11.6 Å². The van der Waals surface area contributed by atoms with Crippen LogP contribution >= 0.6 is 11.6 Å². The maximum Gasteiger partial charge on any atom is 0.283 e. The molecule has 3 amide bonds. The highest BCUT2D eigenvalue weighted by atomic mass is 35.5. The fraction of sp³-hybridized carbons (Fsp3) is 0.292. The number of rotatable bonds is 4. The third kappa shape index (κ3) is 4.08. The van der Waals surface area contributed by atoms with Crippen molar-refractivity contribution in [2.75, 3.05) is 23.3 Å². The molecule has 1 N–H and O–H groups in total. The molecule has 1 fully saturated rings. The minimum atomic E-state index is -0.571. The molecule has 0 bridgehead atoms. The fourth-order valence-corrected chi connectivity index (χ4v) is 4.29. The van der Waals surface area contributed by atoms with Gasteiger partial charge in [0.1, 0.15) is 10.7 Å². The van der Waals surface area contributed by atoms with E-state index < -0.39 is 11.8 Å². The van der Waals surface area contributed by atoms with Crippen LogP contribution in [0.4, 0.5) is 11.4 Å². The number of carbonyl (C=O) groups is 3. The molecule has 1 saturated heterocycles. The molecule has 160 valence electrons. The first-order chi connectivity index (χ1) is 14.9. The lowest BCUT2D eigenvalue weighted by Crippen LogP contribution is -2.39. The number of halogens is 1. The Hall–Kier alpha value is -3.12. The van der Waals surface area contributed by atoms with Gasteiger partial charge in [-0.1, -0.05) is 42.8 Å². The highest BCUT2D eigenvalue weighted by molar-refractivity contribution is 6.53. The van der Waals surface area contributed by atoms with E-state index in [-0.39, 0.29) is 16.6 Å². The van der Waals surface area contributed by atoms with Crippen molar-refractivity contribution < 1.29 is 14.4 Å². The molecule has 0 saturated carbocycles. The third-order valence-corrected chi connectivity index (χ3v) is 6.06. The SMILES string of the molecule is Cc1ccccc1N1C(=O)C(Cl)=C(Nc2cccc(C(=O)N3CCCC(C)C3)c2)C1=O. The summed E-state index contributed by atoms with van der Waals surface area (Å²) in [6.45, 7) is 5.46. The molecule has 2 aromatic rings. The summed E-state index contributed by atoms with van der Waals surface area (Å²) in [5.74, 6) is -0.646. The summed E-state index contributed by atoms with van der Waals surface area (Å²) in [6.07, 6.45) is 2.13. The van der Waals surface area contributed by atoms with E-state index in [2.05, 4.69) is 12.2 Å². The summed E-state index contributed by atoms with van der Waals surface area (Å²) in [5.41, 5.74) is 2.35. The van der Waals surface area contributed by atoms with E-state index in [0.29, 0.717) is 22.9 Å². The predicted molar refractivity (Wildman–Crippen MR) is 121 cm³/mol. The zero-order valence-electron chi connectivity index (χ0n) is 17.5. The molecule has 7 heteroatoms. The van der Waals surface area contributed by atoms with Gasteiger partial charge in [-0.3, -0.25) is 14.4 Å². The predicted octanol–water partition coefficient (Wildman–Crippen LogP) is 4.30.